The van der Waals surface area contributed by atoms with Crippen LogP contribution in [0.5, 0.6) is 0 Å². The van der Waals surface area contributed by atoms with Gasteiger partial charge in [0.2, 0.25) is 5.91 Å². The molecule has 3 N–H and O–H groups in total. The number of para-hydroxylation sites is 1. The van der Waals surface area contributed by atoms with E-state index < -0.39 is 0 Å². The van der Waals surface area contributed by atoms with Gasteiger partial charge in [-0.05, 0) is 18.6 Å². The van der Waals surface area contributed by atoms with Crippen molar-refractivity contribution in [3.05, 3.63) is 36.0 Å². The fourth-order valence-electron chi connectivity index (χ4n) is 1.82. The van der Waals surface area contributed by atoms with Gasteiger partial charge in [-0.25, -0.2) is 0 Å². The molecule has 0 aliphatic carbocycles. The first-order valence-electron chi connectivity index (χ1n) is 5.66. The number of hydrogen-bond acceptors (Lipinski definition) is 2. The highest BCUT2D eigenvalue weighted by molar-refractivity contribution is 5.88. The molecule has 1 amide bonds. The molecule has 0 saturated carbocycles. The van der Waals surface area contributed by atoms with Gasteiger partial charge in [-0.3, -0.25) is 4.79 Å². The Balaban J connectivity index is 2.11. The van der Waals surface area contributed by atoms with Gasteiger partial charge in [0.15, 0.2) is 0 Å². The molecule has 0 aliphatic heterocycles. The average Bonchev–Trinajstić information content (AvgIpc) is 2.72. The summed E-state index contributed by atoms with van der Waals surface area (Å²) in [6, 6.07) is 7.68. The van der Waals surface area contributed by atoms with Crippen LogP contribution >= 0.6 is 0 Å². The number of benzene rings is 1. The third kappa shape index (κ3) is 2.65. The maximum Gasteiger partial charge on any atom is 0.224 e. The SMILES string of the molecule is C[C@H](CO)NC(=O)Cc1c[nH]c2ccccc12. The van der Waals surface area contributed by atoms with Crippen LogP contribution in [0.3, 0.4) is 0 Å². The van der Waals surface area contributed by atoms with Crippen LogP contribution in [0.1, 0.15) is 12.5 Å². The molecule has 4 nitrogen and oxygen atoms in total. The Morgan fingerprint density at radius 3 is 3.00 bits per heavy atom. The van der Waals surface area contributed by atoms with Gasteiger partial charge in [-0.15, -0.1) is 0 Å². The van der Waals surface area contributed by atoms with Crippen LogP contribution in [0, 0.1) is 0 Å². The Bertz CT molecular complexity index is 519. The highest BCUT2D eigenvalue weighted by Gasteiger charge is 2.10. The second-order valence-electron chi connectivity index (χ2n) is 4.19. The molecule has 1 atom stereocenters. The molecule has 90 valence electrons. The van der Waals surface area contributed by atoms with E-state index in [1.54, 1.807) is 6.92 Å². The Labute approximate surface area is 99.7 Å². The first-order valence-corrected chi connectivity index (χ1v) is 5.66. The van der Waals surface area contributed by atoms with Crippen molar-refractivity contribution in [2.45, 2.75) is 19.4 Å². The molecule has 2 rings (SSSR count). The van der Waals surface area contributed by atoms with Crippen LogP contribution in [0.2, 0.25) is 0 Å². The molecular weight excluding hydrogens is 216 g/mol. The number of carbonyl (C=O) groups is 1. The van der Waals surface area contributed by atoms with E-state index in [2.05, 4.69) is 10.3 Å². The number of aliphatic hydroxyl groups excluding tert-OH is 1. The number of aromatic nitrogens is 1. The minimum Gasteiger partial charge on any atom is -0.394 e. The second-order valence-corrected chi connectivity index (χ2v) is 4.19. The lowest BCUT2D eigenvalue weighted by molar-refractivity contribution is -0.121. The summed E-state index contributed by atoms with van der Waals surface area (Å²) in [7, 11) is 0. The summed E-state index contributed by atoms with van der Waals surface area (Å²) in [5.41, 5.74) is 2.01. The predicted molar refractivity (Wildman–Crippen MR) is 66.7 cm³/mol. The lowest BCUT2D eigenvalue weighted by Crippen LogP contribution is -2.35. The molecule has 1 aromatic carbocycles. The highest BCUT2D eigenvalue weighted by Crippen LogP contribution is 2.17. The van der Waals surface area contributed by atoms with Crippen molar-refractivity contribution in [1.29, 1.82) is 0 Å². The normalized spacial score (nSPS) is 12.6. The average molecular weight is 232 g/mol. The van der Waals surface area contributed by atoms with E-state index in [9.17, 15) is 4.79 Å². The van der Waals surface area contributed by atoms with E-state index in [0.29, 0.717) is 6.42 Å². The summed E-state index contributed by atoms with van der Waals surface area (Å²) in [6.45, 7) is 1.73. The van der Waals surface area contributed by atoms with Crippen molar-refractivity contribution in [2.75, 3.05) is 6.61 Å². The van der Waals surface area contributed by atoms with Crippen LogP contribution in [0.15, 0.2) is 30.5 Å². The molecule has 0 bridgehead atoms. The number of nitrogens with one attached hydrogen (secondary N) is 2. The van der Waals surface area contributed by atoms with Gasteiger partial charge in [-0.2, -0.15) is 0 Å². The maximum atomic E-state index is 11.7. The Morgan fingerprint density at radius 1 is 1.47 bits per heavy atom. The fraction of sp³-hybridized carbons (Fsp3) is 0.308. The summed E-state index contributed by atoms with van der Waals surface area (Å²) >= 11 is 0. The van der Waals surface area contributed by atoms with Gasteiger partial charge in [0.25, 0.3) is 0 Å². The molecule has 2 aromatic rings. The standard InChI is InChI=1S/C13H16N2O2/c1-9(8-16)15-13(17)6-10-7-14-12-5-3-2-4-11(10)12/h2-5,7,9,14,16H,6,8H2,1H3,(H,15,17)/t9-/m1/s1. The second kappa shape index (κ2) is 5.01. The summed E-state index contributed by atoms with van der Waals surface area (Å²) < 4.78 is 0. The van der Waals surface area contributed by atoms with E-state index in [-0.39, 0.29) is 18.6 Å². The largest absolute Gasteiger partial charge is 0.394 e. The van der Waals surface area contributed by atoms with E-state index in [1.165, 1.54) is 0 Å². The number of aromatic amines is 1. The van der Waals surface area contributed by atoms with Crippen molar-refractivity contribution in [3.8, 4) is 0 Å². The quantitative estimate of drug-likeness (QED) is 0.741. The first kappa shape index (κ1) is 11.7. The van der Waals surface area contributed by atoms with Crippen LogP contribution in [0.25, 0.3) is 10.9 Å². The Kier molecular flexibility index (Phi) is 3.44. The molecule has 0 saturated heterocycles. The van der Waals surface area contributed by atoms with E-state index in [0.717, 1.165) is 16.5 Å². The predicted octanol–water partition coefficient (Wildman–Crippen LogP) is 1.21. The van der Waals surface area contributed by atoms with Gasteiger partial charge in [0.05, 0.1) is 13.0 Å². The van der Waals surface area contributed by atoms with Gasteiger partial charge < -0.3 is 15.4 Å². The third-order valence-corrected chi connectivity index (χ3v) is 2.71. The van der Waals surface area contributed by atoms with Gasteiger partial charge in [-0.1, -0.05) is 18.2 Å². The molecule has 0 radical (unpaired) electrons. The topological polar surface area (TPSA) is 65.1 Å². The van der Waals surface area contributed by atoms with Crippen molar-refractivity contribution in [2.24, 2.45) is 0 Å². The van der Waals surface area contributed by atoms with Crippen molar-refractivity contribution in [1.82, 2.24) is 10.3 Å². The zero-order valence-electron chi connectivity index (χ0n) is 9.73. The minimum atomic E-state index is -0.201. The Morgan fingerprint density at radius 2 is 2.24 bits per heavy atom. The summed E-state index contributed by atoms with van der Waals surface area (Å²) in [4.78, 5) is 14.8. The number of hydrogen-bond donors (Lipinski definition) is 3. The monoisotopic (exact) mass is 232 g/mol. The zero-order valence-corrected chi connectivity index (χ0v) is 9.73. The summed E-state index contributed by atoms with van der Waals surface area (Å²) in [5.74, 6) is -0.0729. The van der Waals surface area contributed by atoms with Crippen molar-refractivity contribution in [3.63, 3.8) is 0 Å². The van der Waals surface area contributed by atoms with Crippen LogP contribution < -0.4 is 5.32 Å². The van der Waals surface area contributed by atoms with Gasteiger partial charge in [0.1, 0.15) is 0 Å². The molecule has 4 heteroatoms. The van der Waals surface area contributed by atoms with Gasteiger partial charge >= 0.3 is 0 Å². The number of carbonyl (C=O) groups excluding carboxylic acids is 1. The zero-order chi connectivity index (χ0) is 12.3. The number of fused-ring (bicyclic) bond motifs is 1. The molecule has 0 aliphatic rings. The minimum absolute atomic E-state index is 0.0420. The highest BCUT2D eigenvalue weighted by atomic mass is 16.3. The third-order valence-electron chi connectivity index (χ3n) is 2.71. The van der Waals surface area contributed by atoms with E-state index in [4.69, 9.17) is 5.11 Å². The molecular formula is C13H16N2O2. The molecule has 0 unspecified atom stereocenters. The molecule has 17 heavy (non-hydrogen) atoms. The molecule has 0 spiro atoms. The lowest BCUT2D eigenvalue weighted by Gasteiger charge is -2.10. The summed E-state index contributed by atoms with van der Waals surface area (Å²) in [5, 5.41) is 12.7. The van der Waals surface area contributed by atoms with E-state index in [1.807, 2.05) is 30.5 Å². The number of aliphatic hydroxyl groups is 1. The molecule has 0 fully saturated rings. The molecule has 1 heterocycles. The number of H-pyrrole nitrogens is 1. The number of rotatable bonds is 4. The van der Waals surface area contributed by atoms with Crippen LogP contribution in [-0.4, -0.2) is 28.6 Å². The van der Waals surface area contributed by atoms with Gasteiger partial charge in [0, 0.05) is 23.1 Å². The maximum absolute atomic E-state index is 11.7. The lowest BCUT2D eigenvalue weighted by atomic mass is 10.1. The van der Waals surface area contributed by atoms with E-state index >= 15 is 0 Å². The Hall–Kier alpha value is -1.81. The molecule has 1 aromatic heterocycles. The summed E-state index contributed by atoms with van der Waals surface area (Å²) in [6.07, 6.45) is 2.18. The van der Waals surface area contributed by atoms with Crippen LogP contribution in [0.4, 0.5) is 0 Å². The fourth-order valence-corrected chi connectivity index (χ4v) is 1.82. The smallest absolute Gasteiger partial charge is 0.224 e. The number of amides is 1. The van der Waals surface area contributed by atoms with Crippen molar-refractivity contribution < 1.29 is 9.90 Å². The van der Waals surface area contributed by atoms with Crippen LogP contribution in [-0.2, 0) is 11.2 Å². The van der Waals surface area contributed by atoms with Crippen molar-refractivity contribution >= 4 is 16.8 Å². The first-order chi connectivity index (χ1) is 8.20.